The molecule has 112 valence electrons. The van der Waals surface area contributed by atoms with Crippen LogP contribution in [0.2, 0.25) is 0 Å². The van der Waals surface area contributed by atoms with Crippen molar-refractivity contribution in [2.75, 3.05) is 13.1 Å². The highest BCUT2D eigenvalue weighted by Crippen LogP contribution is 2.45. The third-order valence-corrected chi connectivity index (χ3v) is 4.65. The number of benzene rings is 1. The summed E-state index contributed by atoms with van der Waals surface area (Å²) in [5.41, 5.74) is 1.58. The van der Waals surface area contributed by atoms with Gasteiger partial charge in [0.05, 0.1) is 5.56 Å². The summed E-state index contributed by atoms with van der Waals surface area (Å²) in [4.78, 5) is 24.7. The summed E-state index contributed by atoms with van der Waals surface area (Å²) < 4.78 is 0. The summed E-state index contributed by atoms with van der Waals surface area (Å²) in [6.45, 7) is 2.20. The number of aromatic carboxylic acids is 1. The Morgan fingerprint density at radius 2 is 1.76 bits per heavy atom. The van der Waals surface area contributed by atoms with Gasteiger partial charge in [0.1, 0.15) is 0 Å². The largest absolute Gasteiger partial charge is 0.478 e. The Morgan fingerprint density at radius 3 is 2.33 bits per heavy atom. The third-order valence-electron chi connectivity index (χ3n) is 4.65. The minimum absolute atomic E-state index is 0.0187. The molecule has 0 aromatic heterocycles. The van der Waals surface area contributed by atoms with Gasteiger partial charge >= 0.3 is 12.0 Å². The molecule has 0 atom stereocenters. The molecular formula is C16H20N2O3. The van der Waals surface area contributed by atoms with Crippen LogP contribution in [-0.2, 0) is 6.54 Å². The normalized spacial score (nSPS) is 19.3. The van der Waals surface area contributed by atoms with E-state index in [0.29, 0.717) is 12.0 Å². The van der Waals surface area contributed by atoms with Crippen LogP contribution in [0.15, 0.2) is 24.3 Å². The van der Waals surface area contributed by atoms with Gasteiger partial charge in [-0.3, -0.25) is 0 Å². The van der Waals surface area contributed by atoms with Gasteiger partial charge < -0.3 is 15.3 Å². The number of carboxylic acids is 1. The molecule has 1 spiro atoms. The van der Waals surface area contributed by atoms with Crippen LogP contribution < -0.4 is 5.32 Å². The predicted octanol–water partition coefficient (Wildman–Crippen LogP) is 2.47. The van der Waals surface area contributed by atoms with E-state index in [1.165, 1.54) is 25.7 Å². The minimum atomic E-state index is -0.937. The molecule has 1 aliphatic heterocycles. The number of urea groups is 1. The number of rotatable bonds is 3. The number of nitrogens with zero attached hydrogens (tertiary/aromatic N) is 1. The SMILES string of the molecule is O=C(O)c1ccc(CNC(=O)N2CC3(CCCC3)C2)cc1. The van der Waals surface area contributed by atoms with Crippen molar-refractivity contribution in [1.82, 2.24) is 10.2 Å². The van der Waals surface area contributed by atoms with Crippen LogP contribution in [0.5, 0.6) is 0 Å². The standard InChI is InChI=1S/C16H20N2O3/c19-14(20)13-5-3-12(4-6-13)9-17-15(21)18-10-16(11-18)7-1-2-8-16/h3-6H,1-2,7-11H2,(H,17,21)(H,19,20). The van der Waals surface area contributed by atoms with Crippen molar-refractivity contribution in [3.63, 3.8) is 0 Å². The number of carbonyl (C=O) groups is 2. The molecular weight excluding hydrogens is 268 g/mol. The molecule has 0 bridgehead atoms. The Balaban J connectivity index is 1.47. The van der Waals surface area contributed by atoms with Crippen LogP contribution in [-0.4, -0.2) is 35.1 Å². The van der Waals surface area contributed by atoms with Crippen LogP contribution in [0.1, 0.15) is 41.6 Å². The lowest BCUT2D eigenvalue weighted by Gasteiger charge is -2.48. The Kier molecular flexibility index (Phi) is 3.57. The summed E-state index contributed by atoms with van der Waals surface area (Å²) in [6.07, 6.45) is 5.11. The van der Waals surface area contributed by atoms with Crippen LogP contribution in [0.4, 0.5) is 4.79 Å². The number of hydrogen-bond acceptors (Lipinski definition) is 2. The summed E-state index contributed by atoms with van der Waals surface area (Å²) >= 11 is 0. The van der Waals surface area contributed by atoms with Gasteiger partial charge in [0, 0.05) is 25.0 Å². The van der Waals surface area contributed by atoms with Gasteiger partial charge in [-0.25, -0.2) is 9.59 Å². The summed E-state index contributed by atoms with van der Waals surface area (Å²) in [7, 11) is 0. The number of hydrogen-bond donors (Lipinski definition) is 2. The van der Waals surface area contributed by atoms with Gasteiger partial charge in [0.15, 0.2) is 0 Å². The highest BCUT2D eigenvalue weighted by molar-refractivity contribution is 5.87. The molecule has 2 amide bonds. The van der Waals surface area contributed by atoms with E-state index >= 15 is 0 Å². The van der Waals surface area contributed by atoms with Gasteiger partial charge in [-0.05, 0) is 30.5 Å². The Morgan fingerprint density at radius 1 is 1.14 bits per heavy atom. The van der Waals surface area contributed by atoms with Gasteiger partial charge in [-0.15, -0.1) is 0 Å². The smallest absolute Gasteiger partial charge is 0.335 e. The molecule has 2 fully saturated rings. The molecule has 1 heterocycles. The number of likely N-dealkylation sites (tertiary alicyclic amines) is 1. The number of carbonyl (C=O) groups excluding carboxylic acids is 1. The molecule has 1 aromatic carbocycles. The maximum absolute atomic E-state index is 12.0. The zero-order chi connectivity index (χ0) is 14.9. The molecule has 0 unspecified atom stereocenters. The van der Waals surface area contributed by atoms with Crippen molar-refractivity contribution in [2.45, 2.75) is 32.2 Å². The van der Waals surface area contributed by atoms with Crippen molar-refractivity contribution in [2.24, 2.45) is 5.41 Å². The summed E-state index contributed by atoms with van der Waals surface area (Å²) in [5, 5.41) is 11.7. The number of carboxylic acid groups (broad SMARTS) is 1. The van der Waals surface area contributed by atoms with Crippen LogP contribution >= 0.6 is 0 Å². The molecule has 2 aliphatic rings. The summed E-state index contributed by atoms with van der Waals surface area (Å²) in [5.74, 6) is -0.937. The van der Waals surface area contributed by atoms with E-state index in [0.717, 1.165) is 18.7 Å². The molecule has 5 nitrogen and oxygen atoms in total. The van der Waals surface area contributed by atoms with Gasteiger partial charge in [0.2, 0.25) is 0 Å². The fourth-order valence-electron chi connectivity index (χ4n) is 3.40. The maximum atomic E-state index is 12.0. The minimum Gasteiger partial charge on any atom is -0.478 e. The van der Waals surface area contributed by atoms with Crippen LogP contribution in [0, 0.1) is 5.41 Å². The van der Waals surface area contributed by atoms with Crippen molar-refractivity contribution in [1.29, 1.82) is 0 Å². The van der Waals surface area contributed by atoms with Crippen molar-refractivity contribution < 1.29 is 14.7 Å². The molecule has 0 radical (unpaired) electrons. The first-order valence-corrected chi connectivity index (χ1v) is 7.43. The lowest BCUT2D eigenvalue weighted by Crippen LogP contribution is -2.59. The predicted molar refractivity (Wildman–Crippen MR) is 78.1 cm³/mol. The van der Waals surface area contributed by atoms with Crippen LogP contribution in [0.3, 0.4) is 0 Å². The van der Waals surface area contributed by atoms with Crippen molar-refractivity contribution in [3.8, 4) is 0 Å². The highest BCUT2D eigenvalue weighted by atomic mass is 16.4. The second-order valence-corrected chi connectivity index (χ2v) is 6.22. The first kappa shape index (κ1) is 13.9. The van der Waals surface area contributed by atoms with Crippen molar-refractivity contribution in [3.05, 3.63) is 35.4 Å². The molecule has 2 N–H and O–H groups in total. The number of amides is 2. The fourth-order valence-corrected chi connectivity index (χ4v) is 3.40. The number of nitrogens with one attached hydrogen (secondary N) is 1. The topological polar surface area (TPSA) is 69.6 Å². The van der Waals surface area contributed by atoms with E-state index in [1.54, 1.807) is 24.3 Å². The van der Waals surface area contributed by atoms with E-state index in [1.807, 2.05) is 4.90 Å². The second kappa shape index (κ2) is 5.39. The lowest BCUT2D eigenvalue weighted by atomic mass is 9.78. The zero-order valence-electron chi connectivity index (χ0n) is 12.0. The molecule has 3 rings (SSSR count). The molecule has 1 saturated heterocycles. The first-order valence-electron chi connectivity index (χ1n) is 7.43. The monoisotopic (exact) mass is 288 g/mol. The molecule has 5 heteroatoms. The Labute approximate surface area is 123 Å². The lowest BCUT2D eigenvalue weighted by molar-refractivity contribution is 0.0370. The van der Waals surface area contributed by atoms with E-state index in [-0.39, 0.29) is 11.6 Å². The van der Waals surface area contributed by atoms with E-state index in [9.17, 15) is 9.59 Å². The molecule has 1 saturated carbocycles. The molecule has 21 heavy (non-hydrogen) atoms. The van der Waals surface area contributed by atoms with Gasteiger partial charge in [0.25, 0.3) is 0 Å². The average molecular weight is 288 g/mol. The Hall–Kier alpha value is -2.04. The zero-order valence-corrected chi connectivity index (χ0v) is 12.0. The van der Waals surface area contributed by atoms with Crippen molar-refractivity contribution >= 4 is 12.0 Å². The highest BCUT2D eigenvalue weighted by Gasteiger charge is 2.46. The quantitative estimate of drug-likeness (QED) is 0.897. The van der Waals surface area contributed by atoms with Gasteiger partial charge in [-0.2, -0.15) is 0 Å². The Bertz CT molecular complexity index is 539. The average Bonchev–Trinajstić information content (AvgIpc) is 2.93. The molecule has 1 aliphatic carbocycles. The molecule has 1 aromatic rings. The van der Waals surface area contributed by atoms with Crippen LogP contribution in [0.25, 0.3) is 0 Å². The fraction of sp³-hybridized carbons (Fsp3) is 0.500. The first-order chi connectivity index (χ1) is 10.1. The summed E-state index contributed by atoms with van der Waals surface area (Å²) in [6, 6.07) is 6.56. The maximum Gasteiger partial charge on any atom is 0.335 e. The third kappa shape index (κ3) is 2.86. The van der Waals surface area contributed by atoms with E-state index in [2.05, 4.69) is 5.32 Å². The van der Waals surface area contributed by atoms with E-state index in [4.69, 9.17) is 5.11 Å². The second-order valence-electron chi connectivity index (χ2n) is 6.22. The van der Waals surface area contributed by atoms with E-state index < -0.39 is 5.97 Å². The van der Waals surface area contributed by atoms with Gasteiger partial charge in [-0.1, -0.05) is 25.0 Å².